The molecule has 1 atom stereocenters. The highest BCUT2D eigenvalue weighted by Gasteiger charge is 2.26. The molecule has 0 aromatic heterocycles. The molecule has 0 aliphatic heterocycles. The van der Waals surface area contributed by atoms with Crippen LogP contribution in [0.3, 0.4) is 0 Å². The number of aromatic hydroxyl groups is 1. The van der Waals surface area contributed by atoms with E-state index in [0.29, 0.717) is 13.2 Å². The molecule has 2 aromatic rings. The SMILES string of the molecule is COC(=O)[C@H](Cc1ccccc1)NC(=O)c1cc(Cl)c(OCCOCCN(C)C)c(Cl)c1O. The molecule has 0 bridgehead atoms. The smallest absolute Gasteiger partial charge is 0.328 e. The number of rotatable bonds is 12. The zero-order chi connectivity index (χ0) is 24.4. The number of nitrogens with zero attached hydrogens (tertiary/aromatic N) is 1. The van der Waals surface area contributed by atoms with Crippen molar-refractivity contribution >= 4 is 35.1 Å². The number of carbonyl (C=O) groups excluding carboxylic acids is 2. The van der Waals surface area contributed by atoms with Crippen LogP contribution in [0.4, 0.5) is 0 Å². The third-order valence-corrected chi connectivity index (χ3v) is 5.26. The normalized spacial score (nSPS) is 11.8. The van der Waals surface area contributed by atoms with Gasteiger partial charge in [0.05, 0.1) is 30.9 Å². The van der Waals surface area contributed by atoms with Crippen LogP contribution in [-0.4, -0.2) is 75.5 Å². The number of carbonyl (C=O) groups is 2. The molecule has 0 fully saturated rings. The minimum atomic E-state index is -0.975. The van der Waals surface area contributed by atoms with Gasteiger partial charge in [-0.15, -0.1) is 0 Å². The van der Waals surface area contributed by atoms with Crippen LogP contribution in [-0.2, 0) is 20.7 Å². The predicted molar refractivity (Wildman–Crippen MR) is 126 cm³/mol. The highest BCUT2D eigenvalue weighted by molar-refractivity contribution is 6.39. The van der Waals surface area contributed by atoms with Gasteiger partial charge in [0.2, 0.25) is 0 Å². The Hall–Kier alpha value is -2.52. The first-order chi connectivity index (χ1) is 15.7. The lowest BCUT2D eigenvalue weighted by atomic mass is 10.1. The first-order valence-electron chi connectivity index (χ1n) is 10.2. The van der Waals surface area contributed by atoms with Gasteiger partial charge in [0.15, 0.2) is 11.5 Å². The predicted octanol–water partition coefficient (Wildman–Crippen LogP) is 3.17. The first kappa shape index (κ1) is 26.7. The van der Waals surface area contributed by atoms with E-state index in [4.69, 9.17) is 37.4 Å². The van der Waals surface area contributed by atoms with Gasteiger partial charge in [-0.3, -0.25) is 4.79 Å². The lowest BCUT2D eigenvalue weighted by Gasteiger charge is -2.18. The molecule has 33 heavy (non-hydrogen) atoms. The van der Waals surface area contributed by atoms with Crippen LogP contribution in [0.5, 0.6) is 11.5 Å². The second kappa shape index (κ2) is 13.3. The molecule has 2 aromatic carbocycles. The fraction of sp³-hybridized carbons (Fsp3) is 0.391. The average molecular weight is 499 g/mol. The molecule has 1 amide bonds. The van der Waals surface area contributed by atoms with Crippen molar-refractivity contribution in [2.24, 2.45) is 0 Å². The maximum Gasteiger partial charge on any atom is 0.328 e. The topological polar surface area (TPSA) is 97.3 Å². The van der Waals surface area contributed by atoms with Crippen LogP contribution in [0.2, 0.25) is 10.0 Å². The number of hydrogen-bond donors (Lipinski definition) is 2. The van der Waals surface area contributed by atoms with Gasteiger partial charge in [-0.05, 0) is 25.7 Å². The lowest BCUT2D eigenvalue weighted by Crippen LogP contribution is -2.43. The lowest BCUT2D eigenvalue weighted by molar-refractivity contribution is -0.142. The van der Waals surface area contributed by atoms with Gasteiger partial charge in [0.1, 0.15) is 17.7 Å². The summed E-state index contributed by atoms with van der Waals surface area (Å²) in [5, 5.41) is 12.9. The van der Waals surface area contributed by atoms with Gasteiger partial charge < -0.3 is 29.5 Å². The number of methoxy groups -OCH3 is 1. The van der Waals surface area contributed by atoms with Crippen molar-refractivity contribution in [2.75, 3.05) is 47.6 Å². The molecule has 0 spiro atoms. The van der Waals surface area contributed by atoms with Gasteiger partial charge in [-0.1, -0.05) is 53.5 Å². The quantitative estimate of drug-likeness (QED) is 0.342. The van der Waals surface area contributed by atoms with Gasteiger partial charge in [-0.25, -0.2) is 4.79 Å². The Bertz CT molecular complexity index is 940. The van der Waals surface area contributed by atoms with E-state index in [1.54, 1.807) is 0 Å². The molecule has 180 valence electrons. The highest BCUT2D eigenvalue weighted by Crippen LogP contribution is 2.42. The van der Waals surface area contributed by atoms with E-state index in [2.05, 4.69) is 5.32 Å². The number of nitrogens with one attached hydrogen (secondary N) is 1. The number of amides is 1. The van der Waals surface area contributed by atoms with Crippen molar-refractivity contribution in [1.29, 1.82) is 0 Å². The van der Waals surface area contributed by atoms with E-state index >= 15 is 0 Å². The Morgan fingerprint density at radius 2 is 1.82 bits per heavy atom. The number of halogens is 2. The summed E-state index contributed by atoms with van der Waals surface area (Å²) >= 11 is 12.5. The standard InChI is InChI=1S/C23H28Cl2N2O6/c1-27(2)9-10-32-11-12-33-21-17(24)14-16(20(28)19(21)25)22(29)26-18(23(30)31-3)13-15-7-5-4-6-8-15/h4-8,14,18,28H,9-13H2,1-3H3,(H,26,29)/t18-/m0/s1. The summed E-state index contributed by atoms with van der Waals surface area (Å²) in [6, 6.07) is 9.39. The Morgan fingerprint density at radius 1 is 1.12 bits per heavy atom. The number of phenols is 1. The molecule has 10 heteroatoms. The second-order valence-corrected chi connectivity index (χ2v) is 8.19. The first-order valence-corrected chi connectivity index (χ1v) is 11.0. The Kier molecular flexibility index (Phi) is 10.7. The van der Waals surface area contributed by atoms with Crippen LogP contribution >= 0.6 is 23.2 Å². The van der Waals surface area contributed by atoms with Gasteiger partial charge in [0.25, 0.3) is 5.91 Å². The van der Waals surface area contributed by atoms with Crippen molar-refractivity contribution in [3.8, 4) is 11.5 Å². The van der Waals surface area contributed by atoms with E-state index in [0.717, 1.165) is 12.1 Å². The zero-order valence-electron chi connectivity index (χ0n) is 18.8. The van der Waals surface area contributed by atoms with E-state index in [9.17, 15) is 14.7 Å². The number of esters is 1. The van der Waals surface area contributed by atoms with E-state index in [-0.39, 0.29) is 34.4 Å². The summed E-state index contributed by atoms with van der Waals surface area (Å²) in [4.78, 5) is 27.0. The fourth-order valence-electron chi connectivity index (χ4n) is 2.87. The third-order valence-electron chi connectivity index (χ3n) is 4.63. The number of hydrogen-bond acceptors (Lipinski definition) is 7. The van der Waals surface area contributed by atoms with Gasteiger partial charge in [-0.2, -0.15) is 0 Å². The van der Waals surface area contributed by atoms with Crippen molar-refractivity contribution in [3.63, 3.8) is 0 Å². The molecule has 0 radical (unpaired) electrons. The summed E-state index contributed by atoms with van der Waals surface area (Å²) < 4.78 is 15.8. The number of benzene rings is 2. The molecule has 0 aliphatic carbocycles. The number of phenolic OH excluding ortho intramolecular Hbond substituents is 1. The molecule has 2 N–H and O–H groups in total. The molecule has 0 aliphatic rings. The van der Waals surface area contributed by atoms with Crippen LogP contribution in [0.15, 0.2) is 36.4 Å². The Morgan fingerprint density at radius 3 is 2.45 bits per heavy atom. The summed E-state index contributed by atoms with van der Waals surface area (Å²) in [7, 11) is 5.11. The minimum Gasteiger partial charge on any atom is -0.505 e. The van der Waals surface area contributed by atoms with E-state index in [1.807, 2.05) is 49.3 Å². The summed E-state index contributed by atoms with van der Waals surface area (Å²) in [6.45, 7) is 1.75. The largest absolute Gasteiger partial charge is 0.505 e. The summed E-state index contributed by atoms with van der Waals surface area (Å²) in [5.74, 6) is -1.83. The Labute approximate surface area is 203 Å². The molecular formula is C23H28Cl2N2O6. The van der Waals surface area contributed by atoms with Gasteiger partial charge in [0, 0.05) is 13.0 Å². The molecule has 0 saturated carbocycles. The molecule has 0 unspecified atom stereocenters. The average Bonchev–Trinajstić information content (AvgIpc) is 2.79. The molecule has 8 nitrogen and oxygen atoms in total. The van der Waals surface area contributed by atoms with Crippen molar-refractivity contribution < 1.29 is 28.9 Å². The van der Waals surface area contributed by atoms with Crippen molar-refractivity contribution in [1.82, 2.24) is 10.2 Å². The van der Waals surface area contributed by atoms with E-state index in [1.165, 1.54) is 13.2 Å². The van der Waals surface area contributed by atoms with Crippen LogP contribution in [0, 0.1) is 0 Å². The van der Waals surface area contributed by atoms with Crippen LogP contribution in [0.25, 0.3) is 0 Å². The maximum absolute atomic E-state index is 12.8. The second-order valence-electron chi connectivity index (χ2n) is 7.40. The van der Waals surface area contributed by atoms with Crippen LogP contribution in [0.1, 0.15) is 15.9 Å². The molecule has 0 heterocycles. The molecule has 0 saturated heterocycles. The van der Waals surface area contributed by atoms with Crippen LogP contribution < -0.4 is 10.1 Å². The maximum atomic E-state index is 12.8. The van der Waals surface area contributed by atoms with Crippen molar-refractivity contribution in [3.05, 3.63) is 57.6 Å². The molecular weight excluding hydrogens is 471 g/mol. The Balaban J connectivity index is 2.08. The van der Waals surface area contributed by atoms with Crippen molar-refractivity contribution in [2.45, 2.75) is 12.5 Å². The van der Waals surface area contributed by atoms with E-state index < -0.39 is 23.7 Å². The van der Waals surface area contributed by atoms with Gasteiger partial charge >= 0.3 is 5.97 Å². The number of likely N-dealkylation sites (N-methyl/N-ethyl adjacent to an activating group) is 1. The monoisotopic (exact) mass is 498 g/mol. The summed E-state index contributed by atoms with van der Waals surface area (Å²) in [5.41, 5.74) is 0.631. The minimum absolute atomic E-state index is 0.0360. The fourth-order valence-corrected chi connectivity index (χ4v) is 3.43. The zero-order valence-corrected chi connectivity index (χ0v) is 20.3. The summed E-state index contributed by atoms with van der Waals surface area (Å²) in [6.07, 6.45) is 0.205. The third kappa shape index (κ3) is 8.08. The number of ether oxygens (including phenoxy) is 3. The molecule has 2 rings (SSSR count). The highest BCUT2D eigenvalue weighted by atomic mass is 35.5.